The zero-order chi connectivity index (χ0) is 20.2. The largest absolute Gasteiger partial charge is 0.338 e. The molecule has 150 valence electrons. The Hall–Kier alpha value is -2.41. The molecule has 1 saturated heterocycles. The number of carbonyl (C=O) groups is 1. The van der Waals surface area contributed by atoms with Gasteiger partial charge in [-0.2, -0.15) is 4.98 Å². The maximum absolute atomic E-state index is 12.8. The summed E-state index contributed by atoms with van der Waals surface area (Å²) < 4.78 is 5.42. The summed E-state index contributed by atoms with van der Waals surface area (Å²) in [4.78, 5) is 21.4. The first-order valence-corrected chi connectivity index (χ1v) is 10.2. The van der Waals surface area contributed by atoms with Crippen LogP contribution in [0.5, 0.6) is 0 Å². The van der Waals surface area contributed by atoms with Crippen molar-refractivity contribution in [3.63, 3.8) is 0 Å². The van der Waals surface area contributed by atoms with Crippen LogP contribution in [0.2, 0.25) is 10.0 Å². The Morgan fingerprint density at radius 1 is 1.00 bits per heavy atom. The van der Waals surface area contributed by atoms with Crippen molar-refractivity contribution in [2.45, 2.75) is 13.0 Å². The Balaban J connectivity index is 1.37. The second-order valence-electron chi connectivity index (χ2n) is 6.92. The number of rotatable bonds is 4. The smallest absolute Gasteiger partial charge is 0.255 e. The van der Waals surface area contributed by atoms with E-state index >= 15 is 0 Å². The highest BCUT2D eigenvalue weighted by Crippen LogP contribution is 2.20. The molecule has 2 aromatic carbocycles. The highest BCUT2D eigenvalue weighted by atomic mass is 35.5. The van der Waals surface area contributed by atoms with Gasteiger partial charge in [-0.3, -0.25) is 9.69 Å². The minimum atomic E-state index is -0.0275. The normalized spacial score (nSPS) is 15.3. The van der Waals surface area contributed by atoms with E-state index in [2.05, 4.69) is 15.0 Å². The van der Waals surface area contributed by atoms with Gasteiger partial charge in [-0.25, -0.2) is 0 Å². The molecular weight excluding hydrogens is 411 g/mol. The summed E-state index contributed by atoms with van der Waals surface area (Å²) in [5, 5.41) is 5.21. The summed E-state index contributed by atoms with van der Waals surface area (Å²) in [5.74, 6) is 1.07. The molecule has 1 amide bonds. The number of nitrogens with zero attached hydrogens (tertiary/aromatic N) is 4. The van der Waals surface area contributed by atoms with Crippen LogP contribution in [0.3, 0.4) is 0 Å². The third kappa shape index (κ3) is 4.78. The fraction of sp³-hybridized carbons (Fsp3) is 0.286. The second kappa shape index (κ2) is 8.95. The van der Waals surface area contributed by atoms with E-state index in [-0.39, 0.29) is 5.91 Å². The Morgan fingerprint density at radius 3 is 2.59 bits per heavy atom. The number of carbonyl (C=O) groups excluding carboxylic acids is 1. The van der Waals surface area contributed by atoms with Gasteiger partial charge in [0.2, 0.25) is 11.7 Å². The molecule has 0 radical (unpaired) electrons. The predicted octanol–water partition coefficient (Wildman–Crippen LogP) is 4.39. The minimum Gasteiger partial charge on any atom is -0.338 e. The van der Waals surface area contributed by atoms with E-state index in [9.17, 15) is 4.79 Å². The quantitative estimate of drug-likeness (QED) is 0.613. The summed E-state index contributed by atoms with van der Waals surface area (Å²) >= 11 is 12.1. The van der Waals surface area contributed by atoms with Crippen LogP contribution < -0.4 is 0 Å². The first kappa shape index (κ1) is 19.9. The molecule has 1 fully saturated rings. The monoisotopic (exact) mass is 430 g/mol. The molecule has 1 aliphatic heterocycles. The van der Waals surface area contributed by atoms with Crippen LogP contribution in [0.15, 0.2) is 53.1 Å². The first-order valence-electron chi connectivity index (χ1n) is 9.45. The first-order chi connectivity index (χ1) is 14.1. The predicted molar refractivity (Wildman–Crippen MR) is 112 cm³/mol. The molecule has 6 nitrogen and oxygen atoms in total. The highest BCUT2D eigenvalue weighted by Gasteiger charge is 2.23. The lowest BCUT2D eigenvalue weighted by molar-refractivity contribution is 0.0760. The molecule has 0 atom stereocenters. The summed E-state index contributed by atoms with van der Waals surface area (Å²) in [6.07, 6.45) is 0.869. The molecular formula is C21H20Cl2N4O2. The van der Waals surface area contributed by atoms with Crippen molar-refractivity contribution in [1.82, 2.24) is 19.9 Å². The van der Waals surface area contributed by atoms with Gasteiger partial charge in [-0.1, -0.05) is 40.5 Å². The highest BCUT2D eigenvalue weighted by molar-refractivity contribution is 6.33. The second-order valence-corrected chi connectivity index (χ2v) is 7.76. The maximum Gasteiger partial charge on any atom is 0.255 e. The molecule has 3 aromatic rings. The average Bonchev–Trinajstić information content (AvgIpc) is 3.06. The molecule has 2 heterocycles. The zero-order valence-electron chi connectivity index (χ0n) is 15.7. The number of hydrogen-bond donors (Lipinski definition) is 0. The fourth-order valence-electron chi connectivity index (χ4n) is 3.36. The number of aromatic nitrogens is 2. The molecule has 29 heavy (non-hydrogen) atoms. The van der Waals surface area contributed by atoms with Crippen molar-refractivity contribution < 1.29 is 9.32 Å². The summed E-state index contributed by atoms with van der Waals surface area (Å²) in [7, 11) is 0. The molecule has 1 aliphatic rings. The van der Waals surface area contributed by atoms with Gasteiger partial charge in [0, 0.05) is 36.8 Å². The van der Waals surface area contributed by atoms with Crippen molar-refractivity contribution in [2.75, 3.05) is 26.2 Å². The van der Waals surface area contributed by atoms with Gasteiger partial charge >= 0.3 is 0 Å². The molecule has 0 spiro atoms. The Labute approximate surface area is 179 Å². The third-order valence-electron chi connectivity index (χ3n) is 4.91. The number of amides is 1. The van der Waals surface area contributed by atoms with Gasteiger partial charge in [0.15, 0.2) is 0 Å². The van der Waals surface area contributed by atoms with Crippen LogP contribution in [-0.2, 0) is 6.54 Å². The topological polar surface area (TPSA) is 62.5 Å². The van der Waals surface area contributed by atoms with E-state index in [4.69, 9.17) is 27.7 Å². The van der Waals surface area contributed by atoms with Crippen molar-refractivity contribution in [3.8, 4) is 11.4 Å². The van der Waals surface area contributed by atoms with E-state index in [1.807, 2.05) is 29.2 Å². The standard InChI is InChI=1S/C21H20Cl2N4O2/c22-16-8-6-15(7-9-16)20-24-19(29-25-20)14-26-10-3-11-27(13-12-26)21(28)17-4-1-2-5-18(17)23/h1-2,4-9H,3,10-14H2. The van der Waals surface area contributed by atoms with Crippen LogP contribution in [0.4, 0.5) is 0 Å². The lowest BCUT2D eigenvalue weighted by Crippen LogP contribution is -2.35. The Morgan fingerprint density at radius 2 is 1.79 bits per heavy atom. The molecule has 0 aliphatic carbocycles. The number of benzene rings is 2. The van der Waals surface area contributed by atoms with Crippen LogP contribution in [-0.4, -0.2) is 52.0 Å². The van der Waals surface area contributed by atoms with Gasteiger partial charge in [0.25, 0.3) is 5.91 Å². The molecule has 1 aromatic heterocycles. The van der Waals surface area contributed by atoms with Gasteiger partial charge in [-0.05, 0) is 42.8 Å². The van der Waals surface area contributed by atoms with Crippen molar-refractivity contribution in [2.24, 2.45) is 0 Å². The van der Waals surface area contributed by atoms with Gasteiger partial charge in [0.05, 0.1) is 17.1 Å². The Bertz CT molecular complexity index is 990. The number of hydrogen-bond acceptors (Lipinski definition) is 5. The Kier molecular flexibility index (Phi) is 6.13. The van der Waals surface area contributed by atoms with Crippen LogP contribution in [0.25, 0.3) is 11.4 Å². The third-order valence-corrected chi connectivity index (χ3v) is 5.49. The SMILES string of the molecule is O=C(c1ccccc1Cl)N1CCCN(Cc2nc(-c3ccc(Cl)cc3)no2)CC1. The van der Waals surface area contributed by atoms with E-state index < -0.39 is 0 Å². The van der Waals surface area contributed by atoms with Crippen LogP contribution >= 0.6 is 23.2 Å². The molecule has 8 heteroatoms. The lowest BCUT2D eigenvalue weighted by atomic mass is 10.2. The summed E-state index contributed by atoms with van der Waals surface area (Å²) in [5.41, 5.74) is 1.41. The van der Waals surface area contributed by atoms with Crippen LogP contribution in [0, 0.1) is 0 Å². The molecule has 4 rings (SSSR count). The van der Waals surface area contributed by atoms with Crippen LogP contribution in [0.1, 0.15) is 22.7 Å². The fourth-order valence-corrected chi connectivity index (χ4v) is 3.71. The maximum atomic E-state index is 12.8. The lowest BCUT2D eigenvalue weighted by Gasteiger charge is -2.21. The van der Waals surface area contributed by atoms with E-state index in [0.29, 0.717) is 47.0 Å². The minimum absolute atomic E-state index is 0.0275. The number of halogens is 2. The van der Waals surface area contributed by atoms with Crippen molar-refractivity contribution >= 4 is 29.1 Å². The van der Waals surface area contributed by atoms with Gasteiger partial charge in [0.1, 0.15) is 0 Å². The molecule has 0 N–H and O–H groups in total. The van der Waals surface area contributed by atoms with Gasteiger partial charge < -0.3 is 9.42 Å². The van der Waals surface area contributed by atoms with E-state index in [1.54, 1.807) is 24.3 Å². The molecule has 0 bridgehead atoms. The average molecular weight is 431 g/mol. The van der Waals surface area contributed by atoms with Crippen molar-refractivity contribution in [3.05, 3.63) is 70.0 Å². The van der Waals surface area contributed by atoms with E-state index in [0.717, 1.165) is 25.1 Å². The molecule has 0 unspecified atom stereocenters. The molecule has 0 saturated carbocycles. The van der Waals surface area contributed by atoms with Crippen molar-refractivity contribution in [1.29, 1.82) is 0 Å². The zero-order valence-corrected chi connectivity index (χ0v) is 17.2. The summed E-state index contributed by atoms with van der Waals surface area (Å²) in [6, 6.07) is 14.5. The van der Waals surface area contributed by atoms with E-state index in [1.165, 1.54) is 0 Å². The summed E-state index contributed by atoms with van der Waals surface area (Å²) in [6.45, 7) is 3.46. The van der Waals surface area contributed by atoms with Gasteiger partial charge in [-0.15, -0.1) is 0 Å².